The van der Waals surface area contributed by atoms with Crippen molar-refractivity contribution in [1.82, 2.24) is 9.97 Å². The Morgan fingerprint density at radius 1 is 1.35 bits per heavy atom. The number of aliphatic hydroxyl groups excluding tert-OH is 1. The lowest BCUT2D eigenvalue weighted by Crippen LogP contribution is -2.14. The van der Waals surface area contributed by atoms with Crippen LogP contribution in [0.4, 0.5) is 5.82 Å². The molecule has 5 heteroatoms. The number of nitrogens with zero attached hydrogens (tertiary/aromatic N) is 2. The Bertz CT molecular complexity index is 355. The second-order valence-corrected chi connectivity index (χ2v) is 5.61. The Kier molecular flexibility index (Phi) is 4.62. The van der Waals surface area contributed by atoms with Crippen molar-refractivity contribution in [3.05, 3.63) is 12.4 Å². The van der Waals surface area contributed by atoms with E-state index in [2.05, 4.69) is 9.97 Å². The van der Waals surface area contributed by atoms with E-state index in [-0.39, 0.29) is 6.10 Å². The molecule has 0 bridgehead atoms. The van der Waals surface area contributed by atoms with Crippen LogP contribution in [-0.4, -0.2) is 26.9 Å². The van der Waals surface area contributed by atoms with Crippen LogP contribution in [0.15, 0.2) is 17.4 Å². The Morgan fingerprint density at radius 2 is 2.06 bits per heavy atom. The fraction of sp³-hybridized carbons (Fsp3) is 0.667. The largest absolute Gasteiger partial charge is 0.392 e. The Labute approximate surface area is 106 Å². The molecule has 2 rings (SSSR count). The number of hydrogen-bond donors (Lipinski definition) is 2. The van der Waals surface area contributed by atoms with Gasteiger partial charge in [-0.15, -0.1) is 11.8 Å². The van der Waals surface area contributed by atoms with E-state index in [1.54, 1.807) is 12.4 Å². The van der Waals surface area contributed by atoms with Gasteiger partial charge in [-0.1, -0.05) is 25.7 Å². The fourth-order valence-corrected chi connectivity index (χ4v) is 3.14. The molecule has 3 N–H and O–H groups in total. The molecular weight excluding hydrogens is 234 g/mol. The van der Waals surface area contributed by atoms with E-state index >= 15 is 0 Å². The monoisotopic (exact) mass is 253 g/mol. The first kappa shape index (κ1) is 12.6. The first-order valence-electron chi connectivity index (χ1n) is 6.13. The average Bonchev–Trinajstić information content (AvgIpc) is 2.81. The van der Waals surface area contributed by atoms with Crippen molar-refractivity contribution in [2.24, 2.45) is 5.92 Å². The van der Waals surface area contributed by atoms with Crippen molar-refractivity contribution in [2.45, 2.75) is 43.2 Å². The van der Waals surface area contributed by atoms with E-state index in [1.807, 2.05) is 0 Å². The van der Waals surface area contributed by atoms with Crippen molar-refractivity contribution < 1.29 is 5.11 Å². The van der Waals surface area contributed by atoms with Gasteiger partial charge in [0, 0.05) is 18.1 Å². The van der Waals surface area contributed by atoms with Crippen LogP contribution in [-0.2, 0) is 0 Å². The van der Waals surface area contributed by atoms with Gasteiger partial charge in [0.1, 0.15) is 5.03 Å². The van der Waals surface area contributed by atoms with Gasteiger partial charge in [0.2, 0.25) is 0 Å². The number of hydrogen-bond acceptors (Lipinski definition) is 5. The minimum Gasteiger partial charge on any atom is -0.392 e. The predicted molar refractivity (Wildman–Crippen MR) is 69.8 cm³/mol. The lowest BCUT2D eigenvalue weighted by molar-refractivity contribution is 0.165. The molecule has 0 radical (unpaired) electrons. The summed E-state index contributed by atoms with van der Waals surface area (Å²) in [7, 11) is 0. The predicted octanol–water partition coefficient (Wildman–Crippen LogP) is 2.09. The molecule has 1 unspecified atom stereocenters. The number of nitrogens with two attached hydrogens (primary N) is 1. The molecule has 0 spiro atoms. The first-order valence-corrected chi connectivity index (χ1v) is 7.11. The highest BCUT2D eigenvalue weighted by molar-refractivity contribution is 7.99. The second kappa shape index (κ2) is 6.21. The normalized spacial score (nSPS) is 18.4. The van der Waals surface area contributed by atoms with E-state index in [0.717, 1.165) is 11.4 Å². The zero-order chi connectivity index (χ0) is 12.1. The number of aliphatic hydroxyl groups is 1. The molecule has 94 valence electrons. The maximum atomic E-state index is 9.95. The standard InChI is InChI=1S/C12H19N3OS/c13-11-12(15-6-5-14-11)17-8-10(16)7-9-3-1-2-4-9/h5-6,9-10,16H,1-4,7-8H2,(H2,13,14). The van der Waals surface area contributed by atoms with Crippen LogP contribution in [0.3, 0.4) is 0 Å². The van der Waals surface area contributed by atoms with Crippen molar-refractivity contribution in [2.75, 3.05) is 11.5 Å². The molecule has 17 heavy (non-hydrogen) atoms. The summed E-state index contributed by atoms with van der Waals surface area (Å²) in [6.45, 7) is 0. The molecule has 1 fully saturated rings. The lowest BCUT2D eigenvalue weighted by Gasteiger charge is -2.14. The molecule has 4 nitrogen and oxygen atoms in total. The molecule has 0 amide bonds. The Hall–Kier alpha value is -0.810. The van der Waals surface area contributed by atoms with Gasteiger partial charge in [-0.05, 0) is 12.3 Å². The minimum atomic E-state index is -0.260. The Balaban J connectivity index is 1.75. The summed E-state index contributed by atoms with van der Waals surface area (Å²) < 4.78 is 0. The lowest BCUT2D eigenvalue weighted by atomic mass is 10.0. The summed E-state index contributed by atoms with van der Waals surface area (Å²) >= 11 is 1.49. The molecule has 0 aliphatic heterocycles. The molecule has 1 atom stereocenters. The summed E-state index contributed by atoms with van der Waals surface area (Å²) in [6, 6.07) is 0. The number of anilines is 1. The van der Waals surface area contributed by atoms with Gasteiger partial charge in [0.15, 0.2) is 5.82 Å². The summed E-state index contributed by atoms with van der Waals surface area (Å²) in [5.74, 6) is 1.81. The van der Waals surface area contributed by atoms with Gasteiger partial charge in [-0.2, -0.15) is 0 Å². The summed E-state index contributed by atoms with van der Waals surface area (Å²) in [6.07, 6.45) is 9.04. The van der Waals surface area contributed by atoms with Crippen LogP contribution in [0.25, 0.3) is 0 Å². The van der Waals surface area contributed by atoms with Crippen molar-refractivity contribution in [3.8, 4) is 0 Å². The molecule has 1 aromatic heterocycles. The quantitative estimate of drug-likeness (QED) is 0.786. The second-order valence-electron chi connectivity index (χ2n) is 4.60. The van der Waals surface area contributed by atoms with E-state index in [9.17, 15) is 5.11 Å². The number of thioether (sulfide) groups is 1. The smallest absolute Gasteiger partial charge is 0.156 e. The zero-order valence-electron chi connectivity index (χ0n) is 9.88. The van der Waals surface area contributed by atoms with E-state index in [0.29, 0.717) is 17.5 Å². The fourth-order valence-electron chi connectivity index (χ4n) is 2.32. The SMILES string of the molecule is Nc1nccnc1SCC(O)CC1CCCC1. The summed E-state index contributed by atoms with van der Waals surface area (Å²) in [5, 5.41) is 10.7. The highest BCUT2D eigenvalue weighted by atomic mass is 32.2. The summed E-state index contributed by atoms with van der Waals surface area (Å²) in [4.78, 5) is 8.12. The third-order valence-corrected chi connectivity index (χ3v) is 4.32. The van der Waals surface area contributed by atoms with Gasteiger partial charge in [-0.3, -0.25) is 0 Å². The minimum absolute atomic E-state index is 0.260. The molecular formula is C12H19N3OS. The van der Waals surface area contributed by atoms with E-state index in [4.69, 9.17) is 5.73 Å². The van der Waals surface area contributed by atoms with E-state index in [1.165, 1.54) is 37.4 Å². The molecule has 1 heterocycles. The maximum Gasteiger partial charge on any atom is 0.156 e. The van der Waals surface area contributed by atoms with Gasteiger partial charge in [0.05, 0.1) is 6.10 Å². The molecule has 1 aliphatic rings. The zero-order valence-corrected chi connectivity index (χ0v) is 10.7. The van der Waals surface area contributed by atoms with Gasteiger partial charge >= 0.3 is 0 Å². The highest BCUT2D eigenvalue weighted by Gasteiger charge is 2.19. The van der Waals surface area contributed by atoms with Crippen molar-refractivity contribution in [1.29, 1.82) is 0 Å². The van der Waals surface area contributed by atoms with Gasteiger partial charge in [0.25, 0.3) is 0 Å². The molecule has 1 saturated carbocycles. The van der Waals surface area contributed by atoms with Crippen LogP contribution >= 0.6 is 11.8 Å². The molecule has 1 aromatic rings. The van der Waals surface area contributed by atoms with Crippen molar-refractivity contribution >= 4 is 17.6 Å². The number of aromatic nitrogens is 2. The third-order valence-electron chi connectivity index (χ3n) is 3.18. The molecule has 1 aliphatic carbocycles. The van der Waals surface area contributed by atoms with Gasteiger partial charge < -0.3 is 10.8 Å². The average molecular weight is 253 g/mol. The first-order chi connectivity index (χ1) is 8.25. The van der Waals surface area contributed by atoms with Crippen molar-refractivity contribution in [3.63, 3.8) is 0 Å². The summed E-state index contributed by atoms with van der Waals surface area (Å²) in [5.41, 5.74) is 5.69. The number of rotatable bonds is 5. The third kappa shape index (κ3) is 3.85. The highest BCUT2D eigenvalue weighted by Crippen LogP contribution is 2.30. The molecule has 0 saturated heterocycles. The van der Waals surface area contributed by atoms with Gasteiger partial charge in [-0.25, -0.2) is 9.97 Å². The molecule has 0 aromatic carbocycles. The topological polar surface area (TPSA) is 72.0 Å². The van der Waals surface area contributed by atoms with Crippen LogP contribution in [0.2, 0.25) is 0 Å². The maximum absolute atomic E-state index is 9.95. The van der Waals surface area contributed by atoms with Crippen LogP contribution in [0.5, 0.6) is 0 Å². The van der Waals surface area contributed by atoms with Crippen LogP contribution < -0.4 is 5.73 Å². The van der Waals surface area contributed by atoms with Crippen LogP contribution in [0.1, 0.15) is 32.1 Å². The van der Waals surface area contributed by atoms with Crippen LogP contribution in [0, 0.1) is 5.92 Å². The Morgan fingerprint density at radius 3 is 2.76 bits per heavy atom. The van der Waals surface area contributed by atoms with E-state index < -0.39 is 0 Å². The number of nitrogen functional groups attached to an aromatic ring is 1.